The highest BCUT2D eigenvalue weighted by molar-refractivity contribution is 9.09. The first-order chi connectivity index (χ1) is 7.35. The summed E-state index contributed by atoms with van der Waals surface area (Å²) < 4.78 is 5.89. The van der Waals surface area contributed by atoms with E-state index in [9.17, 15) is 0 Å². The van der Waals surface area contributed by atoms with Crippen molar-refractivity contribution in [1.29, 1.82) is 0 Å². The van der Waals surface area contributed by atoms with Crippen LogP contribution >= 0.6 is 15.9 Å². The summed E-state index contributed by atoms with van der Waals surface area (Å²) in [6.07, 6.45) is 8.57. The van der Waals surface area contributed by atoms with Gasteiger partial charge >= 0.3 is 0 Å². The van der Waals surface area contributed by atoms with Gasteiger partial charge in [-0.1, -0.05) is 41.3 Å². The fraction of sp³-hybridized carbons (Fsp3) is 0.750. The first-order valence-corrected chi connectivity index (χ1v) is 6.90. The van der Waals surface area contributed by atoms with E-state index in [0.717, 1.165) is 11.2 Å². The molecule has 0 bridgehead atoms. The van der Waals surface area contributed by atoms with Gasteiger partial charge in [0.1, 0.15) is 12.1 Å². The van der Waals surface area contributed by atoms with Gasteiger partial charge in [-0.3, -0.25) is 0 Å². The maximum atomic E-state index is 5.89. The van der Waals surface area contributed by atoms with Crippen molar-refractivity contribution < 1.29 is 4.74 Å². The van der Waals surface area contributed by atoms with Gasteiger partial charge in [-0.25, -0.2) is 4.99 Å². The van der Waals surface area contributed by atoms with Crippen LogP contribution in [0.15, 0.2) is 17.6 Å². The SMILES string of the molecule is C=C[C@@H]1N=C(C2CCCCC2)O[C@@H]1CBr. The molecule has 0 N–H and O–H groups in total. The average molecular weight is 272 g/mol. The third-order valence-corrected chi connectivity index (χ3v) is 3.92. The number of hydrogen-bond donors (Lipinski definition) is 0. The minimum Gasteiger partial charge on any atom is -0.474 e. The molecule has 2 aliphatic rings. The summed E-state index contributed by atoms with van der Waals surface area (Å²) in [7, 11) is 0. The zero-order chi connectivity index (χ0) is 10.7. The third kappa shape index (κ3) is 2.44. The van der Waals surface area contributed by atoms with E-state index in [1.807, 2.05) is 6.08 Å². The summed E-state index contributed by atoms with van der Waals surface area (Å²) in [4.78, 5) is 4.63. The van der Waals surface area contributed by atoms with Crippen LogP contribution in [0.5, 0.6) is 0 Å². The molecule has 0 spiro atoms. The summed E-state index contributed by atoms with van der Waals surface area (Å²) in [5.41, 5.74) is 0. The predicted molar refractivity (Wildman–Crippen MR) is 66.7 cm³/mol. The molecule has 0 unspecified atom stereocenters. The molecule has 1 aliphatic heterocycles. The van der Waals surface area contributed by atoms with Crippen molar-refractivity contribution in [3.8, 4) is 0 Å². The van der Waals surface area contributed by atoms with Crippen LogP contribution in [0, 0.1) is 5.92 Å². The Morgan fingerprint density at radius 2 is 2.13 bits per heavy atom. The van der Waals surface area contributed by atoms with Crippen LogP contribution in [-0.2, 0) is 4.74 Å². The van der Waals surface area contributed by atoms with Crippen molar-refractivity contribution in [3.63, 3.8) is 0 Å². The highest BCUT2D eigenvalue weighted by Gasteiger charge is 2.32. The maximum absolute atomic E-state index is 5.89. The molecule has 1 heterocycles. The molecule has 1 saturated carbocycles. The molecule has 15 heavy (non-hydrogen) atoms. The van der Waals surface area contributed by atoms with Crippen molar-refractivity contribution in [2.24, 2.45) is 10.9 Å². The van der Waals surface area contributed by atoms with Crippen molar-refractivity contribution >= 4 is 21.8 Å². The Labute approximate surface area is 99.9 Å². The molecule has 0 radical (unpaired) electrons. The molecular weight excluding hydrogens is 254 g/mol. The van der Waals surface area contributed by atoms with E-state index >= 15 is 0 Å². The molecule has 1 aliphatic carbocycles. The second-order valence-corrected chi connectivity index (χ2v) is 4.99. The Balaban J connectivity index is 2.00. The summed E-state index contributed by atoms with van der Waals surface area (Å²) in [5.74, 6) is 1.56. The molecule has 2 nitrogen and oxygen atoms in total. The van der Waals surface area contributed by atoms with Crippen LogP contribution in [0.25, 0.3) is 0 Å². The van der Waals surface area contributed by atoms with Gasteiger partial charge in [0, 0.05) is 11.2 Å². The van der Waals surface area contributed by atoms with Crippen LogP contribution in [-0.4, -0.2) is 23.4 Å². The topological polar surface area (TPSA) is 21.6 Å². The maximum Gasteiger partial charge on any atom is 0.187 e. The van der Waals surface area contributed by atoms with Crippen LogP contribution in [0.2, 0.25) is 0 Å². The molecule has 1 fully saturated rings. The summed E-state index contributed by atoms with van der Waals surface area (Å²) in [5, 5.41) is 0.837. The zero-order valence-corrected chi connectivity index (χ0v) is 10.6. The number of rotatable bonds is 3. The summed E-state index contributed by atoms with van der Waals surface area (Å²) in [6, 6.07) is 0.154. The number of ether oxygens (including phenoxy) is 1. The van der Waals surface area contributed by atoms with E-state index in [1.54, 1.807) is 0 Å². The molecule has 2 atom stereocenters. The lowest BCUT2D eigenvalue weighted by Crippen LogP contribution is -2.24. The second kappa shape index (κ2) is 5.15. The first-order valence-electron chi connectivity index (χ1n) is 5.78. The Morgan fingerprint density at radius 1 is 1.40 bits per heavy atom. The fourth-order valence-corrected chi connectivity index (χ4v) is 2.88. The van der Waals surface area contributed by atoms with Crippen LogP contribution in [0.4, 0.5) is 0 Å². The van der Waals surface area contributed by atoms with Gasteiger partial charge < -0.3 is 4.74 Å². The van der Waals surface area contributed by atoms with Crippen LogP contribution in [0.3, 0.4) is 0 Å². The van der Waals surface area contributed by atoms with E-state index < -0.39 is 0 Å². The quantitative estimate of drug-likeness (QED) is 0.570. The van der Waals surface area contributed by atoms with Gasteiger partial charge in [0.15, 0.2) is 5.90 Å². The Bertz CT molecular complexity index is 258. The first kappa shape index (κ1) is 11.2. The number of hydrogen-bond acceptors (Lipinski definition) is 2. The fourth-order valence-electron chi connectivity index (χ4n) is 2.36. The van der Waals surface area contributed by atoms with E-state index in [1.165, 1.54) is 32.1 Å². The van der Waals surface area contributed by atoms with Gasteiger partial charge in [0.25, 0.3) is 0 Å². The number of alkyl halides is 1. The van der Waals surface area contributed by atoms with Crippen LogP contribution < -0.4 is 0 Å². The predicted octanol–water partition coefficient (Wildman–Crippen LogP) is 3.31. The van der Waals surface area contributed by atoms with Gasteiger partial charge in [0.2, 0.25) is 0 Å². The molecule has 0 aromatic carbocycles. The van der Waals surface area contributed by atoms with Gasteiger partial charge in [0.05, 0.1) is 0 Å². The Morgan fingerprint density at radius 3 is 2.67 bits per heavy atom. The number of halogens is 1. The summed E-state index contributed by atoms with van der Waals surface area (Å²) >= 11 is 3.46. The Kier molecular flexibility index (Phi) is 3.84. The van der Waals surface area contributed by atoms with Gasteiger partial charge in [-0.15, -0.1) is 6.58 Å². The van der Waals surface area contributed by atoms with Crippen molar-refractivity contribution in [1.82, 2.24) is 0 Å². The van der Waals surface area contributed by atoms with Gasteiger partial charge in [-0.2, -0.15) is 0 Å². The minimum absolute atomic E-state index is 0.154. The lowest BCUT2D eigenvalue weighted by atomic mass is 9.89. The molecule has 0 aromatic heterocycles. The van der Waals surface area contributed by atoms with Crippen LogP contribution in [0.1, 0.15) is 32.1 Å². The van der Waals surface area contributed by atoms with Crippen molar-refractivity contribution in [3.05, 3.63) is 12.7 Å². The minimum atomic E-state index is 0.154. The molecule has 84 valence electrons. The van der Waals surface area contributed by atoms with E-state index in [0.29, 0.717) is 5.92 Å². The van der Waals surface area contributed by atoms with Gasteiger partial charge in [-0.05, 0) is 12.8 Å². The van der Waals surface area contributed by atoms with E-state index in [-0.39, 0.29) is 12.1 Å². The van der Waals surface area contributed by atoms with E-state index in [4.69, 9.17) is 4.74 Å². The van der Waals surface area contributed by atoms with E-state index in [2.05, 4.69) is 27.5 Å². The second-order valence-electron chi connectivity index (χ2n) is 4.34. The Hall–Kier alpha value is -0.310. The lowest BCUT2D eigenvalue weighted by molar-refractivity contribution is 0.211. The van der Waals surface area contributed by atoms with Crippen molar-refractivity contribution in [2.75, 3.05) is 5.33 Å². The molecule has 3 heteroatoms. The molecule has 0 amide bonds. The molecule has 0 saturated heterocycles. The average Bonchev–Trinajstić information content (AvgIpc) is 2.73. The number of nitrogens with zero attached hydrogens (tertiary/aromatic N) is 1. The molecular formula is C12H18BrNO. The van der Waals surface area contributed by atoms with Crippen molar-refractivity contribution in [2.45, 2.75) is 44.2 Å². The highest BCUT2D eigenvalue weighted by Crippen LogP contribution is 2.29. The lowest BCUT2D eigenvalue weighted by Gasteiger charge is -2.21. The molecule has 2 rings (SSSR count). The third-order valence-electron chi connectivity index (χ3n) is 3.28. The largest absolute Gasteiger partial charge is 0.474 e. The highest BCUT2D eigenvalue weighted by atomic mass is 79.9. The normalized spacial score (nSPS) is 32.2. The summed E-state index contributed by atoms with van der Waals surface area (Å²) in [6.45, 7) is 3.81. The smallest absolute Gasteiger partial charge is 0.187 e. The zero-order valence-electron chi connectivity index (χ0n) is 8.99. The monoisotopic (exact) mass is 271 g/mol. The molecule has 0 aromatic rings. The number of aliphatic imine (C=N–C) groups is 1. The standard InChI is InChI=1S/C12H18BrNO/c1-2-10-11(8-13)15-12(14-10)9-6-4-3-5-7-9/h2,9-11H,1,3-8H2/t10-,11+/m0/s1.